The number of aliphatic hydroxyl groups is 1. The van der Waals surface area contributed by atoms with Gasteiger partial charge in [0.15, 0.2) is 46.7 Å². The molecule has 0 saturated carbocycles. The molecule has 68 heavy (non-hydrogen) atoms. The number of carbonyl (C=O) groups is 2. The van der Waals surface area contributed by atoms with E-state index in [0.29, 0.717) is 0 Å². The van der Waals surface area contributed by atoms with Crippen LogP contribution in [-0.4, -0.2) is 107 Å². The number of halogens is 2. The van der Waals surface area contributed by atoms with Gasteiger partial charge in [0.2, 0.25) is 23.7 Å². The Balaban J connectivity index is 1.21. The number of H-pyrrole nitrogens is 1. The lowest BCUT2D eigenvalue weighted by Gasteiger charge is -2.32. The number of imidazole rings is 1. The molecule has 2 saturated heterocycles. The minimum absolute atomic E-state index is 0.0142. The molecule has 3 unspecified atom stereocenters. The van der Waals surface area contributed by atoms with E-state index in [-0.39, 0.29) is 72.0 Å². The van der Waals surface area contributed by atoms with Crippen molar-refractivity contribution in [3.63, 3.8) is 0 Å². The highest BCUT2D eigenvalue weighted by Crippen LogP contribution is 2.56. The van der Waals surface area contributed by atoms with Crippen LogP contribution in [0.25, 0.3) is 22.2 Å². The lowest BCUT2D eigenvalue weighted by Crippen LogP contribution is -2.43. The molecule has 0 aliphatic carbocycles. The van der Waals surface area contributed by atoms with Crippen LogP contribution in [0, 0.1) is 46.7 Å². The van der Waals surface area contributed by atoms with Gasteiger partial charge in [-0.2, -0.15) is 15.5 Å². The van der Waals surface area contributed by atoms with E-state index in [0.717, 1.165) is 23.4 Å². The van der Waals surface area contributed by atoms with Crippen molar-refractivity contribution in [1.29, 1.82) is 10.5 Å². The Morgan fingerprint density at radius 3 is 2.59 bits per heavy atom. The Kier molecular flexibility index (Phi) is 16.1. The minimum Gasteiger partial charge on any atom is -0.394 e. The number of aromatic nitrogens is 7. The lowest BCUT2D eigenvalue weighted by molar-refractivity contribution is -0.118. The maximum absolute atomic E-state index is 16.4. The third kappa shape index (κ3) is 10.8. The van der Waals surface area contributed by atoms with Crippen LogP contribution in [0.4, 0.5) is 20.5 Å². The summed E-state index contributed by atoms with van der Waals surface area (Å²) >= 11 is 11.3. The number of anilines is 2. The molecule has 2 amide bonds. The normalized spacial score (nSPS) is 23.5. The van der Waals surface area contributed by atoms with E-state index < -0.39 is 98.7 Å². The SMILES string of the molecule is C#C[C@]1(COP(=S)(OCCC#N)O[C@@H]2[C@H](F)[C@@H](CO)O[C@H]2n2cnc3c(=O)[nH]c(NC(=O)C(C)C)nc32)O[C@@H](n2cc(F)c3c(NC(=O)c4ccccc4)ncnc32)CC1O[P+](=S)OCCC#N. The highest BCUT2D eigenvalue weighted by molar-refractivity contribution is 8.07. The van der Waals surface area contributed by atoms with Crippen LogP contribution in [0.1, 0.15) is 55.9 Å². The smallest absolute Gasteiger partial charge is 0.394 e. The Hall–Kier alpha value is -5.62. The average Bonchev–Trinajstić information content (AvgIpc) is 4.08. The van der Waals surface area contributed by atoms with Gasteiger partial charge in [-0.1, -0.05) is 38.0 Å². The fourth-order valence-corrected chi connectivity index (χ4v) is 10.4. The Labute approximate surface area is 396 Å². The first-order valence-corrected chi connectivity index (χ1v) is 25.2. The van der Waals surface area contributed by atoms with Crippen molar-refractivity contribution in [3.05, 3.63) is 70.9 Å². The first kappa shape index (κ1) is 50.3. The number of nitriles is 2. The van der Waals surface area contributed by atoms with E-state index in [9.17, 15) is 24.8 Å². The molecule has 2 aliphatic heterocycles. The predicted octanol–water partition coefficient (Wildman–Crippen LogP) is 4.71. The summed E-state index contributed by atoms with van der Waals surface area (Å²) in [5, 5.41) is 33.5. The molecule has 2 aliphatic rings. The largest absolute Gasteiger partial charge is 0.522 e. The van der Waals surface area contributed by atoms with Crippen LogP contribution >= 0.6 is 13.9 Å². The number of terminal acetylenes is 1. The van der Waals surface area contributed by atoms with E-state index in [4.69, 9.17) is 67.4 Å². The number of rotatable bonds is 20. The van der Waals surface area contributed by atoms with Crippen LogP contribution in [0.15, 0.2) is 54.0 Å². The number of hydrogen-bond acceptors (Lipinski definition) is 19. The molecule has 356 valence electrons. The van der Waals surface area contributed by atoms with Gasteiger partial charge in [0.05, 0.1) is 56.5 Å². The zero-order valence-corrected chi connectivity index (χ0v) is 39.2. The number of fused-ring (bicyclic) bond motifs is 2. The summed E-state index contributed by atoms with van der Waals surface area (Å²) in [6, 6.07) is 12.0. The number of hydrogen-bond donors (Lipinski definition) is 4. The number of nitrogens with zero attached hydrogens (tertiary/aromatic N) is 8. The number of nitrogens with one attached hydrogen (secondary N) is 3. The number of ether oxygens (including phenoxy) is 2. The maximum Gasteiger partial charge on any atom is 0.522 e. The summed E-state index contributed by atoms with van der Waals surface area (Å²) in [5.74, 6) is -0.216. The van der Waals surface area contributed by atoms with E-state index in [1.54, 1.807) is 44.2 Å². The molecule has 5 aromatic rings. The zero-order chi connectivity index (χ0) is 48.8. The highest BCUT2D eigenvalue weighted by atomic mass is 32.5. The fourth-order valence-electron chi connectivity index (χ4n) is 6.99. The monoisotopic (exact) mass is 1010 g/mol. The molecule has 2 fully saturated rings. The molecule has 7 rings (SSSR count). The lowest BCUT2D eigenvalue weighted by atomic mass is 9.99. The van der Waals surface area contributed by atoms with Gasteiger partial charge in [0.25, 0.3) is 11.5 Å². The highest BCUT2D eigenvalue weighted by Gasteiger charge is 2.56. The van der Waals surface area contributed by atoms with Crippen LogP contribution < -0.4 is 16.2 Å². The Morgan fingerprint density at radius 2 is 1.88 bits per heavy atom. The van der Waals surface area contributed by atoms with Crippen molar-refractivity contribution in [1.82, 2.24) is 34.1 Å². The van der Waals surface area contributed by atoms with Crippen molar-refractivity contribution >= 4 is 83.3 Å². The molecule has 0 spiro atoms. The summed E-state index contributed by atoms with van der Waals surface area (Å²) in [6.07, 6.45) is -0.340. The van der Waals surface area contributed by atoms with Crippen LogP contribution in [0.2, 0.25) is 0 Å². The van der Waals surface area contributed by atoms with E-state index in [1.165, 1.54) is 4.57 Å². The molecular formula is C40H40F2N11O11P2S2+. The number of aromatic amines is 1. The number of carbonyl (C=O) groups excluding carboxylic acids is 2. The zero-order valence-electron chi connectivity index (χ0n) is 35.8. The van der Waals surface area contributed by atoms with Crippen molar-refractivity contribution in [3.8, 4) is 24.5 Å². The van der Waals surface area contributed by atoms with Gasteiger partial charge in [0, 0.05) is 24.1 Å². The molecule has 0 bridgehead atoms. The van der Waals surface area contributed by atoms with E-state index in [2.05, 4.69) is 41.5 Å². The standard InChI is InChI=1S/C40H39F2N11O11P2S2/c1-4-40(26(63-65(67)58-14-8-12-43)16-27(62-40)52-17-24(41)28-32(45-20-46-33(28)52)48-36(56)23-10-6-5-7-11-23)19-60-66(68,59-15-9-13-44)64-31-29(42)25(18-54)61-38(31)53-21-47-30-34(53)49-39(51-37(30)57)50-35(55)22(2)3/h1,5-7,10-11,17,20-22,25-27,29,31,38,54H,8-9,14-16,18-19H2,2-3H3,(H2-,45,46,48,49,50,51,55,56,57)/p+1/t25-,26?,27-,29-,31-,38-,40-,66?/m1/s1. The van der Waals surface area contributed by atoms with Gasteiger partial charge in [-0.15, -0.1) is 15.5 Å². The summed E-state index contributed by atoms with van der Waals surface area (Å²) in [7, 11) is -2.17. The molecule has 4 N–H and O–H groups in total. The van der Waals surface area contributed by atoms with Gasteiger partial charge in [-0.25, -0.2) is 23.7 Å². The van der Waals surface area contributed by atoms with Gasteiger partial charge in [0.1, 0.15) is 37.2 Å². The molecule has 4 aromatic heterocycles. The van der Waals surface area contributed by atoms with E-state index >= 15 is 8.78 Å². The summed E-state index contributed by atoms with van der Waals surface area (Å²) in [4.78, 5) is 57.8. The first-order valence-electron chi connectivity index (χ1n) is 20.4. The second-order valence-electron chi connectivity index (χ2n) is 15.1. The van der Waals surface area contributed by atoms with Crippen molar-refractivity contribution < 1.29 is 55.6 Å². The third-order valence-corrected chi connectivity index (χ3v) is 14.1. The Morgan fingerprint density at radius 1 is 1.13 bits per heavy atom. The Bertz CT molecular complexity index is 2950. The summed E-state index contributed by atoms with van der Waals surface area (Å²) in [5.41, 5.74) is -2.87. The molecule has 22 nitrogen and oxygen atoms in total. The second kappa shape index (κ2) is 21.8. The van der Waals surface area contributed by atoms with E-state index in [1.807, 2.05) is 12.1 Å². The van der Waals surface area contributed by atoms with Gasteiger partial charge >= 0.3 is 13.9 Å². The molecular weight excluding hydrogens is 975 g/mol. The van der Waals surface area contributed by atoms with Gasteiger partial charge in [-0.3, -0.25) is 33.8 Å². The first-order chi connectivity index (χ1) is 32.6. The summed E-state index contributed by atoms with van der Waals surface area (Å²) < 4.78 is 77.2. The molecule has 6 heterocycles. The molecule has 0 radical (unpaired) electrons. The number of amides is 2. The topological polar surface area (TPSA) is 285 Å². The minimum atomic E-state index is -4.33. The third-order valence-electron chi connectivity index (χ3n) is 10.4. The number of benzene rings is 1. The number of aliphatic hydroxyl groups excluding tert-OH is 1. The fraction of sp³-hybridized carbons (Fsp3) is 0.425. The van der Waals surface area contributed by atoms with Crippen LogP contribution in [0.5, 0.6) is 0 Å². The summed E-state index contributed by atoms with van der Waals surface area (Å²) in [6.45, 7) is -3.13. The molecule has 9 atom stereocenters. The average molecular weight is 1010 g/mol. The van der Waals surface area contributed by atoms with Crippen molar-refractivity contribution in [2.24, 2.45) is 5.92 Å². The van der Waals surface area contributed by atoms with Crippen LogP contribution in [0.3, 0.4) is 0 Å². The quantitative estimate of drug-likeness (QED) is 0.0466. The molecule has 28 heteroatoms. The number of alkyl halides is 1. The van der Waals surface area contributed by atoms with Crippen molar-refractivity contribution in [2.45, 2.75) is 75.7 Å². The van der Waals surface area contributed by atoms with Crippen molar-refractivity contribution in [2.75, 3.05) is 37.1 Å². The van der Waals surface area contributed by atoms with Crippen LogP contribution in [-0.2, 0) is 60.5 Å². The second-order valence-corrected chi connectivity index (χ2v) is 19.9. The predicted molar refractivity (Wildman–Crippen MR) is 242 cm³/mol. The molecule has 1 aromatic carbocycles. The van der Waals surface area contributed by atoms with Gasteiger partial charge < -0.3 is 33.5 Å². The van der Waals surface area contributed by atoms with Gasteiger partial charge in [-0.05, 0) is 23.9 Å². The maximum atomic E-state index is 16.4.